The Labute approximate surface area is 168 Å². The first-order valence-corrected chi connectivity index (χ1v) is 9.86. The molecule has 3 heterocycles. The minimum absolute atomic E-state index is 0.0298. The molecule has 29 heavy (non-hydrogen) atoms. The highest BCUT2D eigenvalue weighted by molar-refractivity contribution is 5.94. The van der Waals surface area contributed by atoms with Gasteiger partial charge < -0.3 is 19.1 Å². The highest BCUT2D eigenvalue weighted by Crippen LogP contribution is 2.34. The van der Waals surface area contributed by atoms with Crippen LogP contribution in [0.3, 0.4) is 0 Å². The number of hydrogen-bond donors (Lipinski definition) is 0. The molecule has 3 aliphatic heterocycles. The number of nitrogens with zero attached hydrogens (tertiary/aromatic N) is 2. The molecule has 0 bridgehead atoms. The van der Waals surface area contributed by atoms with Crippen LogP contribution in [0.25, 0.3) is 0 Å². The Kier molecular flexibility index (Phi) is 4.60. The van der Waals surface area contributed by atoms with E-state index in [9.17, 15) is 9.59 Å². The van der Waals surface area contributed by atoms with Crippen molar-refractivity contribution in [2.24, 2.45) is 0 Å². The van der Waals surface area contributed by atoms with Gasteiger partial charge in [0.25, 0.3) is 0 Å². The van der Waals surface area contributed by atoms with E-state index >= 15 is 0 Å². The second-order valence-corrected chi connectivity index (χ2v) is 7.53. The molecule has 0 radical (unpaired) electrons. The Morgan fingerprint density at radius 1 is 1.00 bits per heavy atom. The van der Waals surface area contributed by atoms with Crippen molar-refractivity contribution in [1.29, 1.82) is 0 Å². The van der Waals surface area contributed by atoms with Gasteiger partial charge in [0.05, 0.1) is 12.0 Å². The largest absolute Gasteiger partial charge is 0.454 e. The molecule has 0 saturated carbocycles. The smallest absolute Gasteiger partial charge is 0.339 e. The number of esters is 1. The molecule has 1 fully saturated rings. The van der Waals surface area contributed by atoms with Gasteiger partial charge in [0.2, 0.25) is 12.7 Å². The lowest BCUT2D eigenvalue weighted by Crippen LogP contribution is -2.48. The van der Waals surface area contributed by atoms with Crippen LogP contribution in [0.2, 0.25) is 0 Å². The van der Waals surface area contributed by atoms with E-state index in [1.165, 1.54) is 5.56 Å². The number of amides is 1. The molecule has 3 aliphatic rings. The minimum atomic E-state index is -0.474. The first-order valence-electron chi connectivity index (χ1n) is 9.86. The summed E-state index contributed by atoms with van der Waals surface area (Å²) in [7, 11) is 0. The number of carbonyl (C=O) groups excluding carboxylic acids is 2. The van der Waals surface area contributed by atoms with E-state index in [0.717, 1.165) is 36.7 Å². The lowest BCUT2D eigenvalue weighted by Gasteiger charge is -2.35. The number of hydrogen-bond acceptors (Lipinski definition) is 6. The molecular formula is C22H22N2O5. The average molecular weight is 394 g/mol. The van der Waals surface area contributed by atoms with Crippen molar-refractivity contribution < 1.29 is 23.8 Å². The summed E-state index contributed by atoms with van der Waals surface area (Å²) in [5, 5.41) is 0. The molecule has 0 N–H and O–H groups in total. The molecule has 1 saturated heterocycles. The molecule has 2 aromatic rings. The zero-order valence-corrected chi connectivity index (χ0v) is 16.0. The molecule has 5 rings (SSSR count). The van der Waals surface area contributed by atoms with Crippen LogP contribution in [0.1, 0.15) is 34.0 Å². The van der Waals surface area contributed by atoms with Gasteiger partial charge in [0.1, 0.15) is 6.10 Å². The second-order valence-electron chi connectivity index (χ2n) is 7.53. The predicted molar refractivity (Wildman–Crippen MR) is 104 cm³/mol. The molecule has 150 valence electrons. The van der Waals surface area contributed by atoms with E-state index in [4.69, 9.17) is 14.2 Å². The van der Waals surface area contributed by atoms with E-state index in [1.807, 2.05) is 35.2 Å². The van der Waals surface area contributed by atoms with Crippen molar-refractivity contribution in [2.75, 3.05) is 33.0 Å². The number of fused-ring (bicyclic) bond motifs is 2. The van der Waals surface area contributed by atoms with Gasteiger partial charge in [-0.1, -0.05) is 24.3 Å². The lowest BCUT2D eigenvalue weighted by molar-refractivity contribution is -0.135. The maximum Gasteiger partial charge on any atom is 0.339 e. The van der Waals surface area contributed by atoms with Gasteiger partial charge in [0.15, 0.2) is 11.5 Å². The molecule has 1 atom stereocenters. The normalized spacial score (nSPS) is 20.5. The summed E-state index contributed by atoms with van der Waals surface area (Å²) in [6.07, 6.45) is -0.275. The Balaban J connectivity index is 1.15. The SMILES string of the molecule is O=C1O[C@@H](CC(=O)N2CCN(Cc3ccc4c(c3)OCO4)CC2)c2ccccc21. The average Bonchev–Trinajstić information content (AvgIpc) is 3.33. The van der Waals surface area contributed by atoms with Crippen molar-refractivity contribution in [3.05, 3.63) is 59.2 Å². The summed E-state index contributed by atoms with van der Waals surface area (Å²) >= 11 is 0. The number of carbonyl (C=O) groups is 2. The van der Waals surface area contributed by atoms with Crippen LogP contribution < -0.4 is 9.47 Å². The zero-order valence-electron chi connectivity index (χ0n) is 16.0. The van der Waals surface area contributed by atoms with Crippen LogP contribution >= 0.6 is 0 Å². The van der Waals surface area contributed by atoms with Crippen LogP contribution in [0.4, 0.5) is 0 Å². The van der Waals surface area contributed by atoms with E-state index < -0.39 is 6.10 Å². The summed E-state index contributed by atoms with van der Waals surface area (Å²) in [5.41, 5.74) is 2.55. The number of rotatable bonds is 4. The minimum Gasteiger partial charge on any atom is -0.454 e. The molecule has 7 heteroatoms. The Morgan fingerprint density at radius 3 is 2.66 bits per heavy atom. The van der Waals surface area contributed by atoms with Crippen molar-refractivity contribution in [3.8, 4) is 11.5 Å². The molecule has 7 nitrogen and oxygen atoms in total. The highest BCUT2D eigenvalue weighted by atomic mass is 16.7. The van der Waals surface area contributed by atoms with E-state index in [0.29, 0.717) is 18.7 Å². The van der Waals surface area contributed by atoms with Gasteiger partial charge in [-0.15, -0.1) is 0 Å². The summed E-state index contributed by atoms with van der Waals surface area (Å²) in [4.78, 5) is 28.9. The maximum absolute atomic E-state index is 12.7. The Morgan fingerprint density at radius 2 is 1.79 bits per heavy atom. The fourth-order valence-electron chi connectivity index (χ4n) is 4.11. The van der Waals surface area contributed by atoms with E-state index in [-0.39, 0.29) is 25.1 Å². The molecular weight excluding hydrogens is 372 g/mol. The third-order valence-corrected chi connectivity index (χ3v) is 5.71. The zero-order chi connectivity index (χ0) is 19.8. The molecule has 0 aromatic heterocycles. The van der Waals surface area contributed by atoms with Gasteiger partial charge in [-0.25, -0.2) is 4.79 Å². The first kappa shape index (κ1) is 18.0. The van der Waals surface area contributed by atoms with Crippen LogP contribution in [0.5, 0.6) is 11.5 Å². The Hall–Kier alpha value is -3.06. The van der Waals surface area contributed by atoms with Gasteiger partial charge in [0, 0.05) is 38.3 Å². The number of cyclic esters (lactones) is 1. The van der Waals surface area contributed by atoms with Crippen molar-refractivity contribution in [3.63, 3.8) is 0 Å². The summed E-state index contributed by atoms with van der Waals surface area (Å²) < 4.78 is 16.2. The van der Waals surface area contributed by atoms with Crippen molar-refractivity contribution in [2.45, 2.75) is 19.1 Å². The highest BCUT2D eigenvalue weighted by Gasteiger charge is 2.33. The van der Waals surface area contributed by atoms with Gasteiger partial charge >= 0.3 is 5.97 Å². The fraction of sp³-hybridized carbons (Fsp3) is 0.364. The Bertz CT molecular complexity index is 952. The van der Waals surface area contributed by atoms with Crippen LogP contribution in [0, 0.1) is 0 Å². The van der Waals surface area contributed by atoms with E-state index in [1.54, 1.807) is 6.07 Å². The molecule has 0 unspecified atom stereocenters. The predicted octanol–water partition coefficient (Wildman–Crippen LogP) is 2.36. The molecule has 2 aromatic carbocycles. The molecule has 0 spiro atoms. The quantitative estimate of drug-likeness (QED) is 0.742. The van der Waals surface area contributed by atoms with E-state index in [2.05, 4.69) is 11.0 Å². The summed E-state index contributed by atoms with van der Waals surface area (Å²) in [6.45, 7) is 4.05. The number of piperazine rings is 1. The van der Waals surface area contributed by atoms with Crippen LogP contribution in [-0.2, 0) is 16.1 Å². The third-order valence-electron chi connectivity index (χ3n) is 5.71. The molecule has 1 amide bonds. The van der Waals surface area contributed by atoms with Gasteiger partial charge in [-0.05, 0) is 23.8 Å². The maximum atomic E-state index is 12.7. The lowest BCUT2D eigenvalue weighted by atomic mass is 10.0. The van der Waals surface area contributed by atoms with Crippen molar-refractivity contribution in [1.82, 2.24) is 9.80 Å². The summed E-state index contributed by atoms with van der Waals surface area (Å²) in [6, 6.07) is 13.3. The topological polar surface area (TPSA) is 68.3 Å². The first-order chi connectivity index (χ1) is 14.2. The van der Waals surface area contributed by atoms with Crippen LogP contribution in [-0.4, -0.2) is 54.6 Å². The van der Waals surface area contributed by atoms with Crippen LogP contribution in [0.15, 0.2) is 42.5 Å². The number of benzene rings is 2. The van der Waals surface area contributed by atoms with Gasteiger partial charge in [-0.2, -0.15) is 0 Å². The van der Waals surface area contributed by atoms with Gasteiger partial charge in [-0.3, -0.25) is 9.69 Å². The molecule has 0 aliphatic carbocycles. The second kappa shape index (κ2) is 7.40. The number of ether oxygens (including phenoxy) is 3. The fourth-order valence-corrected chi connectivity index (χ4v) is 4.11. The third kappa shape index (κ3) is 3.53. The monoisotopic (exact) mass is 394 g/mol. The summed E-state index contributed by atoms with van der Waals surface area (Å²) in [5.74, 6) is 1.27. The standard InChI is InChI=1S/C22H22N2O5/c25-21(12-19-16-3-1-2-4-17(16)22(26)29-19)24-9-7-23(8-10-24)13-15-5-6-18-20(11-15)28-14-27-18/h1-6,11,19H,7-10,12-14H2/t19-/m0/s1. The van der Waals surface area contributed by atoms with Crippen molar-refractivity contribution >= 4 is 11.9 Å².